The maximum Gasteiger partial charge on any atom is 0.335 e. The monoisotopic (exact) mass is 273 g/mol. The summed E-state index contributed by atoms with van der Waals surface area (Å²) in [4.78, 5) is 10.8. The molecule has 4 heteroatoms. The molecule has 0 bridgehead atoms. The standard InChI is InChI=1S/C16H16FNO2/c1-11-9-13(16(19)20)5-6-15(11)18-8-7-12-3-2-4-14(17)10-12/h2-6,9-10,18H,7-8H2,1H3,(H,19,20). The molecule has 2 rings (SSSR count). The van der Waals surface area contributed by atoms with Gasteiger partial charge in [0.05, 0.1) is 5.56 Å². The summed E-state index contributed by atoms with van der Waals surface area (Å²) < 4.78 is 13.0. The molecule has 0 aliphatic heterocycles. The van der Waals surface area contributed by atoms with E-state index in [1.807, 2.05) is 13.0 Å². The summed E-state index contributed by atoms with van der Waals surface area (Å²) in [6, 6.07) is 11.5. The van der Waals surface area contributed by atoms with Crippen LogP contribution in [0, 0.1) is 12.7 Å². The largest absolute Gasteiger partial charge is 0.478 e. The molecular weight excluding hydrogens is 257 g/mol. The van der Waals surface area contributed by atoms with Crippen molar-refractivity contribution in [3.05, 3.63) is 65.0 Å². The molecule has 0 atom stereocenters. The summed E-state index contributed by atoms with van der Waals surface area (Å²) >= 11 is 0. The summed E-state index contributed by atoms with van der Waals surface area (Å²) in [5.41, 5.74) is 2.98. The zero-order valence-electron chi connectivity index (χ0n) is 11.2. The van der Waals surface area contributed by atoms with Gasteiger partial charge in [-0.25, -0.2) is 9.18 Å². The average molecular weight is 273 g/mol. The van der Waals surface area contributed by atoms with Crippen LogP contribution in [-0.4, -0.2) is 17.6 Å². The Bertz CT molecular complexity index is 626. The third-order valence-corrected chi connectivity index (χ3v) is 3.09. The van der Waals surface area contributed by atoms with Crippen LogP contribution in [0.1, 0.15) is 21.5 Å². The SMILES string of the molecule is Cc1cc(C(=O)O)ccc1NCCc1cccc(F)c1. The van der Waals surface area contributed by atoms with E-state index >= 15 is 0 Å². The molecule has 20 heavy (non-hydrogen) atoms. The molecule has 0 aliphatic carbocycles. The Labute approximate surface area is 117 Å². The normalized spacial score (nSPS) is 10.3. The Morgan fingerprint density at radius 3 is 2.70 bits per heavy atom. The molecule has 0 radical (unpaired) electrons. The first-order valence-electron chi connectivity index (χ1n) is 6.38. The van der Waals surface area contributed by atoms with Crippen LogP contribution in [0.5, 0.6) is 0 Å². The fraction of sp³-hybridized carbons (Fsp3) is 0.188. The van der Waals surface area contributed by atoms with Gasteiger partial charge in [0, 0.05) is 12.2 Å². The van der Waals surface area contributed by atoms with Crippen molar-refractivity contribution < 1.29 is 14.3 Å². The molecule has 2 aromatic carbocycles. The van der Waals surface area contributed by atoms with Crippen LogP contribution in [0.25, 0.3) is 0 Å². The first-order valence-corrected chi connectivity index (χ1v) is 6.38. The van der Waals surface area contributed by atoms with Gasteiger partial charge >= 0.3 is 5.97 Å². The van der Waals surface area contributed by atoms with E-state index in [1.54, 1.807) is 24.3 Å². The molecule has 0 aliphatic rings. The third kappa shape index (κ3) is 3.57. The first kappa shape index (κ1) is 14.1. The van der Waals surface area contributed by atoms with Crippen molar-refractivity contribution in [2.45, 2.75) is 13.3 Å². The van der Waals surface area contributed by atoms with Crippen molar-refractivity contribution in [2.75, 3.05) is 11.9 Å². The zero-order valence-corrected chi connectivity index (χ0v) is 11.2. The van der Waals surface area contributed by atoms with Gasteiger partial charge in [-0.05, 0) is 54.8 Å². The van der Waals surface area contributed by atoms with Crippen LogP contribution in [0.4, 0.5) is 10.1 Å². The van der Waals surface area contributed by atoms with Crippen LogP contribution < -0.4 is 5.32 Å². The van der Waals surface area contributed by atoms with Gasteiger partial charge < -0.3 is 10.4 Å². The molecule has 0 aromatic heterocycles. The fourth-order valence-electron chi connectivity index (χ4n) is 2.03. The van der Waals surface area contributed by atoms with Gasteiger partial charge in [-0.15, -0.1) is 0 Å². The number of carboxylic acid groups (broad SMARTS) is 1. The quantitative estimate of drug-likeness (QED) is 0.876. The van der Waals surface area contributed by atoms with Crippen molar-refractivity contribution in [1.29, 1.82) is 0 Å². The van der Waals surface area contributed by atoms with Crippen molar-refractivity contribution in [3.63, 3.8) is 0 Å². The van der Waals surface area contributed by atoms with E-state index in [2.05, 4.69) is 5.32 Å². The number of aromatic carboxylic acids is 1. The van der Waals surface area contributed by atoms with Gasteiger partial charge in [-0.3, -0.25) is 0 Å². The minimum absolute atomic E-state index is 0.232. The maximum atomic E-state index is 13.0. The molecular formula is C16H16FNO2. The van der Waals surface area contributed by atoms with Crippen molar-refractivity contribution >= 4 is 11.7 Å². The number of hydrogen-bond donors (Lipinski definition) is 2. The molecule has 3 nitrogen and oxygen atoms in total. The lowest BCUT2D eigenvalue weighted by Gasteiger charge is -2.10. The predicted molar refractivity (Wildman–Crippen MR) is 76.7 cm³/mol. The second kappa shape index (κ2) is 6.19. The molecule has 0 amide bonds. The van der Waals surface area contributed by atoms with E-state index in [4.69, 9.17) is 5.11 Å². The second-order valence-electron chi connectivity index (χ2n) is 4.64. The average Bonchev–Trinajstić information content (AvgIpc) is 2.40. The van der Waals surface area contributed by atoms with E-state index in [0.29, 0.717) is 13.0 Å². The summed E-state index contributed by atoms with van der Waals surface area (Å²) in [7, 11) is 0. The number of nitrogens with one attached hydrogen (secondary N) is 1. The summed E-state index contributed by atoms with van der Waals surface area (Å²) in [5.74, 6) is -1.16. The lowest BCUT2D eigenvalue weighted by molar-refractivity contribution is 0.0697. The molecule has 0 saturated carbocycles. The van der Waals surface area contributed by atoms with Crippen LogP contribution in [0.3, 0.4) is 0 Å². The molecule has 104 valence electrons. The van der Waals surface area contributed by atoms with Crippen molar-refractivity contribution in [3.8, 4) is 0 Å². The first-order chi connectivity index (χ1) is 9.56. The lowest BCUT2D eigenvalue weighted by Crippen LogP contribution is -2.07. The van der Waals surface area contributed by atoms with Gasteiger partial charge in [0.1, 0.15) is 5.82 Å². The van der Waals surface area contributed by atoms with Gasteiger partial charge in [-0.2, -0.15) is 0 Å². The van der Waals surface area contributed by atoms with Gasteiger partial charge in [-0.1, -0.05) is 12.1 Å². The second-order valence-corrected chi connectivity index (χ2v) is 4.64. The van der Waals surface area contributed by atoms with Crippen molar-refractivity contribution in [2.24, 2.45) is 0 Å². The number of anilines is 1. The lowest BCUT2D eigenvalue weighted by atomic mass is 10.1. The van der Waals surface area contributed by atoms with E-state index in [1.165, 1.54) is 12.1 Å². The predicted octanol–water partition coefficient (Wildman–Crippen LogP) is 3.49. The van der Waals surface area contributed by atoms with Crippen LogP contribution in [0.2, 0.25) is 0 Å². The van der Waals surface area contributed by atoms with Gasteiger partial charge in [0.15, 0.2) is 0 Å². The van der Waals surface area contributed by atoms with Gasteiger partial charge in [0.2, 0.25) is 0 Å². The number of halogens is 1. The highest BCUT2D eigenvalue weighted by Crippen LogP contribution is 2.16. The summed E-state index contributed by atoms with van der Waals surface area (Å²) in [6.45, 7) is 2.52. The topological polar surface area (TPSA) is 49.3 Å². The third-order valence-electron chi connectivity index (χ3n) is 3.09. The molecule has 2 N–H and O–H groups in total. The maximum absolute atomic E-state index is 13.0. The molecule has 0 fully saturated rings. The smallest absolute Gasteiger partial charge is 0.335 e. The van der Waals surface area contributed by atoms with Crippen LogP contribution in [-0.2, 0) is 6.42 Å². The number of hydrogen-bond acceptors (Lipinski definition) is 2. The van der Waals surface area contributed by atoms with E-state index in [0.717, 1.165) is 16.8 Å². The highest BCUT2D eigenvalue weighted by atomic mass is 19.1. The van der Waals surface area contributed by atoms with Crippen molar-refractivity contribution in [1.82, 2.24) is 0 Å². The Hall–Kier alpha value is -2.36. The number of benzene rings is 2. The highest BCUT2D eigenvalue weighted by Gasteiger charge is 2.05. The minimum atomic E-state index is -0.931. The summed E-state index contributed by atoms with van der Waals surface area (Å²) in [5, 5.41) is 12.1. The fourth-order valence-corrected chi connectivity index (χ4v) is 2.03. The Kier molecular flexibility index (Phi) is 4.35. The van der Waals surface area contributed by atoms with E-state index in [-0.39, 0.29) is 11.4 Å². The molecule has 0 spiro atoms. The van der Waals surface area contributed by atoms with Gasteiger partial charge in [0.25, 0.3) is 0 Å². The Morgan fingerprint density at radius 2 is 2.05 bits per heavy atom. The molecule has 0 unspecified atom stereocenters. The van der Waals surface area contributed by atoms with Crippen LogP contribution in [0.15, 0.2) is 42.5 Å². The molecule has 2 aromatic rings. The number of aryl methyl sites for hydroxylation is 1. The van der Waals surface area contributed by atoms with E-state index in [9.17, 15) is 9.18 Å². The minimum Gasteiger partial charge on any atom is -0.478 e. The molecule has 0 saturated heterocycles. The molecule has 0 heterocycles. The highest BCUT2D eigenvalue weighted by molar-refractivity contribution is 5.88. The number of carboxylic acids is 1. The zero-order chi connectivity index (χ0) is 14.5. The van der Waals surface area contributed by atoms with Crippen LogP contribution >= 0.6 is 0 Å². The number of carbonyl (C=O) groups is 1. The van der Waals surface area contributed by atoms with E-state index < -0.39 is 5.97 Å². The Balaban J connectivity index is 1.96. The Morgan fingerprint density at radius 1 is 1.25 bits per heavy atom. The summed E-state index contributed by atoms with van der Waals surface area (Å²) in [6.07, 6.45) is 0.706. The number of rotatable bonds is 5.